The van der Waals surface area contributed by atoms with Crippen LogP contribution >= 0.6 is 0 Å². The van der Waals surface area contributed by atoms with E-state index >= 15 is 0 Å². The normalized spacial score (nSPS) is 10.3. The summed E-state index contributed by atoms with van der Waals surface area (Å²) < 4.78 is 1.39. The number of hydrogen-bond donors (Lipinski definition) is 2. The van der Waals surface area contributed by atoms with Crippen LogP contribution in [0.1, 0.15) is 18.4 Å². The standard InChI is InChI=1S/C15H17N3O3/c19-14-9-13(16-8-4-7-15(20)21)10-17-18(14)11-12-5-2-1-3-6-12/h1-3,5-6,9-10,16H,4,7-8,11H2,(H,20,21). The van der Waals surface area contributed by atoms with Crippen LogP contribution in [0.25, 0.3) is 0 Å². The van der Waals surface area contributed by atoms with Crippen molar-refractivity contribution >= 4 is 11.7 Å². The average Bonchev–Trinajstić information content (AvgIpc) is 2.47. The Morgan fingerprint density at radius 1 is 1.29 bits per heavy atom. The highest BCUT2D eigenvalue weighted by Gasteiger charge is 2.02. The molecule has 0 saturated carbocycles. The van der Waals surface area contributed by atoms with Gasteiger partial charge in [-0.2, -0.15) is 5.10 Å². The van der Waals surface area contributed by atoms with Gasteiger partial charge in [0.15, 0.2) is 0 Å². The zero-order valence-electron chi connectivity index (χ0n) is 11.5. The van der Waals surface area contributed by atoms with E-state index in [0.717, 1.165) is 5.56 Å². The molecule has 1 heterocycles. The van der Waals surface area contributed by atoms with E-state index in [1.165, 1.54) is 10.7 Å². The highest BCUT2D eigenvalue weighted by atomic mass is 16.4. The molecule has 2 rings (SSSR count). The molecular weight excluding hydrogens is 270 g/mol. The monoisotopic (exact) mass is 287 g/mol. The van der Waals surface area contributed by atoms with Crippen molar-refractivity contribution in [2.75, 3.05) is 11.9 Å². The first-order chi connectivity index (χ1) is 10.1. The number of anilines is 1. The van der Waals surface area contributed by atoms with Gasteiger partial charge in [0.05, 0.1) is 18.4 Å². The summed E-state index contributed by atoms with van der Waals surface area (Å²) in [6.07, 6.45) is 2.18. The first-order valence-corrected chi connectivity index (χ1v) is 6.72. The van der Waals surface area contributed by atoms with E-state index < -0.39 is 5.97 Å². The number of nitrogens with zero attached hydrogens (tertiary/aromatic N) is 2. The summed E-state index contributed by atoms with van der Waals surface area (Å²) in [5, 5.41) is 15.6. The third kappa shape index (κ3) is 4.76. The summed E-state index contributed by atoms with van der Waals surface area (Å²) in [6.45, 7) is 0.926. The summed E-state index contributed by atoms with van der Waals surface area (Å²) in [6, 6.07) is 11.1. The minimum atomic E-state index is -0.826. The Balaban J connectivity index is 1.94. The molecule has 0 spiro atoms. The number of benzene rings is 1. The van der Waals surface area contributed by atoms with Crippen LogP contribution in [0, 0.1) is 0 Å². The van der Waals surface area contributed by atoms with E-state index in [9.17, 15) is 9.59 Å². The predicted octanol–water partition coefficient (Wildman–Crippen LogP) is 1.57. The molecule has 0 amide bonds. The first-order valence-electron chi connectivity index (χ1n) is 6.72. The SMILES string of the molecule is O=C(O)CCCNc1cnn(Cc2ccccc2)c(=O)c1. The molecule has 0 aliphatic rings. The van der Waals surface area contributed by atoms with Crippen molar-refractivity contribution < 1.29 is 9.90 Å². The molecule has 110 valence electrons. The Bertz CT molecular complexity index is 653. The fraction of sp³-hybridized carbons (Fsp3) is 0.267. The van der Waals surface area contributed by atoms with Gasteiger partial charge < -0.3 is 10.4 Å². The van der Waals surface area contributed by atoms with Crippen LogP contribution in [0.5, 0.6) is 0 Å². The van der Waals surface area contributed by atoms with Gasteiger partial charge in [0.2, 0.25) is 0 Å². The molecular formula is C15H17N3O3. The van der Waals surface area contributed by atoms with Gasteiger partial charge in [-0.3, -0.25) is 9.59 Å². The average molecular weight is 287 g/mol. The molecule has 0 unspecified atom stereocenters. The Morgan fingerprint density at radius 2 is 2.05 bits per heavy atom. The number of carbonyl (C=O) groups is 1. The number of nitrogens with one attached hydrogen (secondary N) is 1. The molecule has 0 atom stereocenters. The molecule has 1 aromatic carbocycles. The van der Waals surface area contributed by atoms with Crippen LogP contribution in [-0.2, 0) is 11.3 Å². The van der Waals surface area contributed by atoms with Crippen molar-refractivity contribution in [2.24, 2.45) is 0 Å². The second-order valence-corrected chi connectivity index (χ2v) is 4.65. The van der Waals surface area contributed by atoms with Crippen LogP contribution in [-0.4, -0.2) is 27.4 Å². The van der Waals surface area contributed by atoms with Gasteiger partial charge in [-0.25, -0.2) is 4.68 Å². The van der Waals surface area contributed by atoms with Gasteiger partial charge in [-0.1, -0.05) is 30.3 Å². The molecule has 0 aliphatic carbocycles. The molecule has 0 bridgehead atoms. The molecule has 6 nitrogen and oxygen atoms in total. The van der Waals surface area contributed by atoms with Crippen molar-refractivity contribution in [1.29, 1.82) is 0 Å². The van der Waals surface area contributed by atoms with Crippen LogP contribution in [0.4, 0.5) is 5.69 Å². The van der Waals surface area contributed by atoms with Crippen LogP contribution < -0.4 is 10.9 Å². The van der Waals surface area contributed by atoms with Gasteiger partial charge in [0.1, 0.15) is 0 Å². The lowest BCUT2D eigenvalue weighted by Gasteiger charge is -2.07. The van der Waals surface area contributed by atoms with Crippen LogP contribution in [0.3, 0.4) is 0 Å². The Morgan fingerprint density at radius 3 is 2.71 bits per heavy atom. The van der Waals surface area contributed by atoms with Crippen molar-refractivity contribution in [3.05, 3.63) is 58.5 Å². The zero-order chi connectivity index (χ0) is 15.1. The van der Waals surface area contributed by atoms with E-state index in [1.54, 1.807) is 6.20 Å². The molecule has 21 heavy (non-hydrogen) atoms. The van der Waals surface area contributed by atoms with E-state index in [-0.39, 0.29) is 12.0 Å². The summed E-state index contributed by atoms with van der Waals surface area (Å²) in [7, 11) is 0. The molecule has 1 aromatic heterocycles. The number of aromatic nitrogens is 2. The number of carboxylic acids is 1. The number of rotatable bonds is 7. The third-order valence-corrected chi connectivity index (χ3v) is 2.94. The van der Waals surface area contributed by atoms with Gasteiger partial charge in [-0.15, -0.1) is 0 Å². The van der Waals surface area contributed by atoms with Crippen LogP contribution in [0.2, 0.25) is 0 Å². The Kier molecular flexibility index (Phi) is 5.09. The van der Waals surface area contributed by atoms with E-state index in [4.69, 9.17) is 5.11 Å². The third-order valence-electron chi connectivity index (χ3n) is 2.94. The highest BCUT2D eigenvalue weighted by molar-refractivity contribution is 5.66. The summed E-state index contributed by atoms with van der Waals surface area (Å²) >= 11 is 0. The maximum Gasteiger partial charge on any atom is 0.303 e. The lowest BCUT2D eigenvalue weighted by molar-refractivity contribution is -0.137. The second kappa shape index (κ2) is 7.23. The van der Waals surface area contributed by atoms with Crippen molar-refractivity contribution in [3.8, 4) is 0 Å². The topological polar surface area (TPSA) is 84.2 Å². The lowest BCUT2D eigenvalue weighted by Crippen LogP contribution is -2.23. The first kappa shape index (κ1) is 14.8. The van der Waals surface area contributed by atoms with E-state index in [0.29, 0.717) is 25.2 Å². The fourth-order valence-electron chi connectivity index (χ4n) is 1.88. The zero-order valence-corrected chi connectivity index (χ0v) is 11.5. The summed E-state index contributed by atoms with van der Waals surface area (Å²) in [5.74, 6) is -0.826. The summed E-state index contributed by atoms with van der Waals surface area (Å²) in [4.78, 5) is 22.3. The van der Waals surface area contributed by atoms with E-state index in [1.807, 2.05) is 30.3 Å². The number of carboxylic acid groups (broad SMARTS) is 1. The quantitative estimate of drug-likeness (QED) is 0.755. The van der Waals surface area contributed by atoms with E-state index in [2.05, 4.69) is 10.4 Å². The molecule has 0 aliphatic heterocycles. The van der Waals surface area contributed by atoms with Gasteiger partial charge in [0, 0.05) is 19.0 Å². The second-order valence-electron chi connectivity index (χ2n) is 4.65. The smallest absolute Gasteiger partial charge is 0.303 e. The van der Waals surface area contributed by atoms with Gasteiger partial charge in [0.25, 0.3) is 5.56 Å². The minimum absolute atomic E-state index is 0.103. The minimum Gasteiger partial charge on any atom is -0.481 e. The number of hydrogen-bond acceptors (Lipinski definition) is 4. The Hall–Kier alpha value is -2.63. The van der Waals surface area contributed by atoms with Gasteiger partial charge >= 0.3 is 5.97 Å². The molecule has 0 fully saturated rings. The molecule has 6 heteroatoms. The predicted molar refractivity (Wildman–Crippen MR) is 79.4 cm³/mol. The van der Waals surface area contributed by atoms with Gasteiger partial charge in [-0.05, 0) is 12.0 Å². The highest BCUT2D eigenvalue weighted by Crippen LogP contribution is 2.03. The maximum atomic E-state index is 12.0. The maximum absolute atomic E-state index is 12.0. The van der Waals surface area contributed by atoms with Crippen molar-refractivity contribution in [3.63, 3.8) is 0 Å². The number of aliphatic carboxylic acids is 1. The molecule has 0 radical (unpaired) electrons. The molecule has 2 aromatic rings. The Labute approximate surface area is 122 Å². The largest absolute Gasteiger partial charge is 0.481 e. The molecule has 0 saturated heterocycles. The fourth-order valence-corrected chi connectivity index (χ4v) is 1.88. The lowest BCUT2D eigenvalue weighted by atomic mass is 10.2. The van der Waals surface area contributed by atoms with Crippen molar-refractivity contribution in [2.45, 2.75) is 19.4 Å². The molecule has 2 N–H and O–H groups in total. The van der Waals surface area contributed by atoms with Crippen molar-refractivity contribution in [1.82, 2.24) is 9.78 Å². The van der Waals surface area contributed by atoms with Crippen LogP contribution in [0.15, 0.2) is 47.4 Å². The summed E-state index contributed by atoms with van der Waals surface area (Å²) in [5.41, 5.74) is 1.42.